The zero-order valence-electron chi connectivity index (χ0n) is 9.83. The Morgan fingerprint density at radius 2 is 2.17 bits per heavy atom. The largest absolute Gasteiger partial charge is 0.442 e. The van der Waals surface area contributed by atoms with Crippen molar-refractivity contribution in [1.82, 2.24) is 4.90 Å². The molecule has 0 saturated carbocycles. The van der Waals surface area contributed by atoms with Crippen molar-refractivity contribution in [2.45, 2.75) is 6.10 Å². The van der Waals surface area contributed by atoms with Crippen molar-refractivity contribution in [3.05, 3.63) is 34.4 Å². The van der Waals surface area contributed by atoms with Crippen molar-refractivity contribution in [3.8, 4) is 0 Å². The van der Waals surface area contributed by atoms with E-state index in [4.69, 9.17) is 4.74 Å². The second-order valence-electron chi connectivity index (χ2n) is 4.07. The van der Waals surface area contributed by atoms with Gasteiger partial charge in [0.15, 0.2) is 0 Å². The molecule has 2 rings (SSSR count). The lowest BCUT2D eigenvalue weighted by Crippen LogP contribution is -2.24. The number of cyclic esters (lactones) is 1. The molecule has 7 nitrogen and oxygen atoms in total. The minimum atomic E-state index is -0.447. The molecule has 0 bridgehead atoms. The van der Waals surface area contributed by atoms with Crippen LogP contribution in [0.4, 0.5) is 16.2 Å². The molecule has 1 aliphatic rings. The van der Waals surface area contributed by atoms with E-state index in [1.807, 2.05) is 0 Å². The summed E-state index contributed by atoms with van der Waals surface area (Å²) in [4.78, 5) is 22.6. The molecule has 7 heteroatoms. The van der Waals surface area contributed by atoms with E-state index < -0.39 is 4.92 Å². The van der Waals surface area contributed by atoms with Crippen LogP contribution in [0.1, 0.15) is 0 Å². The predicted molar refractivity (Wildman–Crippen MR) is 64.5 cm³/mol. The molecule has 1 atom stereocenters. The monoisotopic (exact) mass is 251 g/mol. The number of hydrogen-bond donors (Lipinski definition) is 1. The van der Waals surface area contributed by atoms with Crippen LogP contribution in [0.15, 0.2) is 24.3 Å². The van der Waals surface area contributed by atoms with Gasteiger partial charge in [0.25, 0.3) is 5.69 Å². The minimum Gasteiger partial charge on any atom is -0.442 e. The fraction of sp³-hybridized carbons (Fsp3) is 0.364. The summed E-state index contributed by atoms with van der Waals surface area (Å²) in [5, 5.41) is 13.5. The second-order valence-corrected chi connectivity index (χ2v) is 4.07. The number of nitrogens with zero attached hydrogens (tertiary/aromatic N) is 2. The van der Waals surface area contributed by atoms with Crippen LogP contribution in [0.5, 0.6) is 0 Å². The SMILES string of the molecule is CN1C[C@H](CNc2ccc([N+](=O)[O-])cc2)OC1=O. The lowest BCUT2D eigenvalue weighted by atomic mass is 10.2. The number of carbonyl (C=O) groups excluding carboxylic acids is 1. The number of amides is 1. The summed E-state index contributed by atoms with van der Waals surface area (Å²) >= 11 is 0. The first-order valence-corrected chi connectivity index (χ1v) is 5.46. The highest BCUT2D eigenvalue weighted by Crippen LogP contribution is 2.16. The highest BCUT2D eigenvalue weighted by atomic mass is 16.6. The maximum atomic E-state index is 11.1. The molecule has 1 heterocycles. The second kappa shape index (κ2) is 4.91. The Labute approximate surface area is 103 Å². The quantitative estimate of drug-likeness (QED) is 0.646. The van der Waals surface area contributed by atoms with Gasteiger partial charge in [-0.3, -0.25) is 10.1 Å². The molecule has 0 aliphatic carbocycles. The van der Waals surface area contributed by atoms with Gasteiger partial charge >= 0.3 is 6.09 Å². The van der Waals surface area contributed by atoms with Crippen molar-refractivity contribution < 1.29 is 14.5 Å². The van der Waals surface area contributed by atoms with Crippen molar-refractivity contribution in [2.75, 3.05) is 25.5 Å². The molecule has 96 valence electrons. The Hall–Kier alpha value is -2.31. The van der Waals surface area contributed by atoms with Gasteiger partial charge in [-0.15, -0.1) is 0 Å². The molecule has 1 N–H and O–H groups in total. The van der Waals surface area contributed by atoms with Crippen molar-refractivity contribution >= 4 is 17.5 Å². The first kappa shape index (κ1) is 12.2. The smallest absolute Gasteiger partial charge is 0.410 e. The molecule has 18 heavy (non-hydrogen) atoms. The molecule has 0 radical (unpaired) electrons. The molecule has 1 aliphatic heterocycles. The van der Waals surface area contributed by atoms with Crippen LogP contribution in [0.2, 0.25) is 0 Å². The van der Waals surface area contributed by atoms with Crippen LogP contribution in [0.25, 0.3) is 0 Å². The summed E-state index contributed by atoms with van der Waals surface area (Å²) in [7, 11) is 1.67. The van der Waals surface area contributed by atoms with E-state index in [-0.39, 0.29) is 17.9 Å². The van der Waals surface area contributed by atoms with E-state index in [2.05, 4.69) is 5.32 Å². The highest BCUT2D eigenvalue weighted by molar-refractivity contribution is 5.69. The number of non-ortho nitro benzene ring substituents is 1. The van der Waals surface area contributed by atoms with Crippen LogP contribution in [0.3, 0.4) is 0 Å². The Morgan fingerprint density at radius 1 is 1.50 bits per heavy atom. The summed E-state index contributed by atoms with van der Waals surface area (Å²) < 4.78 is 5.07. The van der Waals surface area contributed by atoms with Crippen molar-refractivity contribution in [3.63, 3.8) is 0 Å². The molecular formula is C11H13N3O4. The topological polar surface area (TPSA) is 84.7 Å². The van der Waals surface area contributed by atoms with E-state index in [1.165, 1.54) is 17.0 Å². The van der Waals surface area contributed by atoms with Crippen molar-refractivity contribution in [1.29, 1.82) is 0 Å². The first-order valence-electron chi connectivity index (χ1n) is 5.46. The third kappa shape index (κ3) is 2.68. The van der Waals surface area contributed by atoms with E-state index in [0.29, 0.717) is 13.1 Å². The van der Waals surface area contributed by atoms with E-state index in [9.17, 15) is 14.9 Å². The standard InChI is InChI=1S/C11H13N3O4/c1-13-7-10(18-11(13)15)6-12-8-2-4-9(5-3-8)14(16)17/h2-5,10,12H,6-7H2,1H3/t10-/m0/s1. The Kier molecular flexibility index (Phi) is 3.31. The fourth-order valence-corrected chi connectivity index (χ4v) is 1.69. The number of nitro groups is 1. The van der Waals surface area contributed by atoms with Crippen molar-refractivity contribution in [2.24, 2.45) is 0 Å². The molecule has 0 unspecified atom stereocenters. The van der Waals surface area contributed by atoms with Gasteiger partial charge in [-0.25, -0.2) is 4.79 Å². The Balaban J connectivity index is 1.87. The summed E-state index contributed by atoms with van der Waals surface area (Å²) in [6, 6.07) is 6.10. The number of ether oxygens (including phenoxy) is 1. The van der Waals surface area contributed by atoms with Gasteiger partial charge < -0.3 is 15.0 Å². The van der Waals surface area contributed by atoms with Gasteiger partial charge in [0, 0.05) is 24.9 Å². The first-order chi connectivity index (χ1) is 8.56. The zero-order valence-corrected chi connectivity index (χ0v) is 9.83. The fourth-order valence-electron chi connectivity index (χ4n) is 1.69. The summed E-state index contributed by atoms with van der Waals surface area (Å²) in [6.45, 7) is 1.02. The number of rotatable bonds is 4. The van der Waals surface area contributed by atoms with E-state index in [1.54, 1.807) is 19.2 Å². The number of nitrogens with one attached hydrogen (secondary N) is 1. The van der Waals surface area contributed by atoms with Crippen LogP contribution in [-0.2, 0) is 4.74 Å². The van der Waals surface area contributed by atoms with E-state index in [0.717, 1.165) is 5.69 Å². The molecular weight excluding hydrogens is 238 g/mol. The van der Waals surface area contributed by atoms with Crippen LogP contribution in [0, 0.1) is 10.1 Å². The lowest BCUT2D eigenvalue weighted by Gasteiger charge is -2.10. The number of likely N-dealkylation sites (N-methyl/N-ethyl adjacent to an activating group) is 1. The average Bonchev–Trinajstić information content (AvgIpc) is 2.67. The van der Waals surface area contributed by atoms with Crippen LogP contribution in [-0.4, -0.2) is 42.2 Å². The highest BCUT2D eigenvalue weighted by Gasteiger charge is 2.27. The molecule has 1 fully saturated rings. The Bertz CT molecular complexity index is 460. The van der Waals surface area contributed by atoms with Gasteiger partial charge in [0.05, 0.1) is 18.0 Å². The minimum absolute atomic E-state index is 0.0487. The lowest BCUT2D eigenvalue weighted by molar-refractivity contribution is -0.384. The molecule has 1 aromatic rings. The average molecular weight is 251 g/mol. The predicted octanol–water partition coefficient (Wildman–Crippen LogP) is 1.46. The maximum Gasteiger partial charge on any atom is 0.410 e. The van der Waals surface area contributed by atoms with Gasteiger partial charge in [0.1, 0.15) is 6.10 Å². The number of carbonyl (C=O) groups is 1. The molecule has 1 amide bonds. The van der Waals surface area contributed by atoms with Crippen LogP contribution >= 0.6 is 0 Å². The molecule has 1 aromatic carbocycles. The third-order valence-corrected chi connectivity index (χ3v) is 2.67. The number of benzene rings is 1. The molecule has 0 aromatic heterocycles. The summed E-state index contributed by atoms with van der Waals surface area (Å²) in [5.74, 6) is 0. The molecule has 1 saturated heterocycles. The van der Waals surface area contributed by atoms with E-state index >= 15 is 0 Å². The number of anilines is 1. The van der Waals surface area contributed by atoms with Gasteiger partial charge in [-0.05, 0) is 12.1 Å². The maximum absolute atomic E-state index is 11.1. The zero-order chi connectivity index (χ0) is 13.1. The summed E-state index contributed by atoms with van der Waals surface area (Å²) in [5.41, 5.74) is 0.804. The number of hydrogen-bond acceptors (Lipinski definition) is 5. The third-order valence-electron chi connectivity index (χ3n) is 2.67. The van der Waals surface area contributed by atoms with Gasteiger partial charge in [-0.2, -0.15) is 0 Å². The Morgan fingerprint density at radius 3 is 2.67 bits per heavy atom. The summed E-state index contributed by atoms with van der Waals surface area (Å²) in [6.07, 6.45) is -0.525. The van der Waals surface area contributed by atoms with Gasteiger partial charge in [-0.1, -0.05) is 0 Å². The molecule has 0 spiro atoms. The normalized spacial score (nSPS) is 18.6. The van der Waals surface area contributed by atoms with Crippen LogP contribution < -0.4 is 5.32 Å². The van der Waals surface area contributed by atoms with Gasteiger partial charge in [0.2, 0.25) is 0 Å². The number of nitro benzene ring substituents is 1.